The highest BCUT2D eigenvalue weighted by molar-refractivity contribution is 7.91. The van der Waals surface area contributed by atoms with Gasteiger partial charge in [-0.3, -0.25) is 4.90 Å². The lowest BCUT2D eigenvalue weighted by atomic mass is 9.66. The van der Waals surface area contributed by atoms with E-state index in [1.165, 1.54) is 32.4 Å². The third kappa shape index (κ3) is 4.59. The first-order valence-electron chi connectivity index (χ1n) is 10.1. The molecule has 3 heterocycles. The van der Waals surface area contributed by atoms with Gasteiger partial charge in [0.15, 0.2) is 9.84 Å². The lowest BCUT2D eigenvalue weighted by Gasteiger charge is -2.46. The van der Waals surface area contributed by atoms with E-state index in [9.17, 15) is 8.42 Å². The van der Waals surface area contributed by atoms with E-state index in [-0.39, 0.29) is 5.41 Å². The summed E-state index contributed by atoms with van der Waals surface area (Å²) in [6.45, 7) is 13.7. The van der Waals surface area contributed by atoms with E-state index in [2.05, 4.69) is 32.6 Å². The Balaban J connectivity index is 1.49. The molecule has 1 unspecified atom stereocenters. The van der Waals surface area contributed by atoms with Gasteiger partial charge >= 0.3 is 0 Å². The number of hydrogen-bond acceptors (Lipinski definition) is 4. The SMILES string of the molecule is CC(C)(CCC(C)(C)C1CCS(=O)(=O)C1)C1CCN(C2COC2)CC1. The highest BCUT2D eigenvalue weighted by Gasteiger charge is 2.41. The molecule has 3 aliphatic heterocycles. The molecular weight excluding hydrogens is 334 g/mol. The van der Waals surface area contributed by atoms with Crippen molar-refractivity contribution in [3.05, 3.63) is 0 Å². The summed E-state index contributed by atoms with van der Waals surface area (Å²) in [7, 11) is -2.78. The molecule has 3 fully saturated rings. The Morgan fingerprint density at radius 2 is 1.48 bits per heavy atom. The smallest absolute Gasteiger partial charge is 0.150 e. The molecule has 25 heavy (non-hydrogen) atoms. The Labute approximate surface area is 154 Å². The summed E-state index contributed by atoms with van der Waals surface area (Å²) in [6, 6.07) is 0.673. The molecule has 0 aromatic heterocycles. The van der Waals surface area contributed by atoms with Crippen molar-refractivity contribution in [3.8, 4) is 0 Å². The van der Waals surface area contributed by atoms with Crippen LogP contribution in [0.2, 0.25) is 0 Å². The van der Waals surface area contributed by atoms with Gasteiger partial charge in [0.25, 0.3) is 0 Å². The number of nitrogens with zero attached hydrogens (tertiary/aromatic N) is 1. The third-order valence-electron chi connectivity index (χ3n) is 7.52. The molecule has 4 nitrogen and oxygen atoms in total. The predicted molar refractivity (Wildman–Crippen MR) is 102 cm³/mol. The predicted octanol–water partition coefficient (Wildman–Crippen LogP) is 3.36. The van der Waals surface area contributed by atoms with Gasteiger partial charge in [-0.2, -0.15) is 0 Å². The van der Waals surface area contributed by atoms with Crippen LogP contribution in [0.5, 0.6) is 0 Å². The number of sulfone groups is 1. The first kappa shape index (κ1) is 19.6. The van der Waals surface area contributed by atoms with E-state index in [0.717, 1.165) is 32.0 Å². The van der Waals surface area contributed by atoms with Gasteiger partial charge < -0.3 is 4.74 Å². The van der Waals surface area contributed by atoms with Gasteiger partial charge in [0.05, 0.1) is 30.8 Å². The number of likely N-dealkylation sites (tertiary alicyclic amines) is 1. The lowest BCUT2D eigenvalue weighted by Crippen LogP contribution is -2.52. The van der Waals surface area contributed by atoms with Crippen molar-refractivity contribution < 1.29 is 13.2 Å². The van der Waals surface area contributed by atoms with Crippen molar-refractivity contribution in [2.24, 2.45) is 22.7 Å². The van der Waals surface area contributed by atoms with Crippen molar-refractivity contribution in [1.29, 1.82) is 0 Å². The molecule has 0 saturated carbocycles. The van der Waals surface area contributed by atoms with Crippen LogP contribution < -0.4 is 0 Å². The normalized spacial score (nSPS) is 29.7. The molecule has 0 bridgehead atoms. The molecule has 0 N–H and O–H groups in total. The summed E-state index contributed by atoms with van der Waals surface area (Å²) in [5.74, 6) is 1.93. The van der Waals surface area contributed by atoms with E-state index in [4.69, 9.17) is 4.74 Å². The van der Waals surface area contributed by atoms with Crippen LogP contribution in [0.3, 0.4) is 0 Å². The number of rotatable bonds is 6. The quantitative estimate of drug-likeness (QED) is 0.718. The average Bonchev–Trinajstić information content (AvgIpc) is 2.85. The Bertz CT molecular complexity index is 557. The summed E-state index contributed by atoms with van der Waals surface area (Å²) < 4.78 is 29.0. The molecule has 3 aliphatic rings. The van der Waals surface area contributed by atoms with Crippen LogP contribution in [0.15, 0.2) is 0 Å². The van der Waals surface area contributed by atoms with Gasteiger partial charge in [0.1, 0.15) is 0 Å². The minimum atomic E-state index is -2.78. The van der Waals surface area contributed by atoms with Crippen molar-refractivity contribution in [3.63, 3.8) is 0 Å². The Morgan fingerprint density at radius 3 is 1.92 bits per heavy atom. The molecule has 5 heteroatoms. The summed E-state index contributed by atoms with van der Waals surface area (Å²) in [5, 5.41) is 0. The molecule has 1 atom stereocenters. The zero-order chi connectivity index (χ0) is 18.3. The molecule has 146 valence electrons. The third-order valence-corrected chi connectivity index (χ3v) is 9.29. The van der Waals surface area contributed by atoms with Crippen LogP contribution in [-0.4, -0.2) is 57.2 Å². The van der Waals surface area contributed by atoms with E-state index < -0.39 is 9.84 Å². The zero-order valence-corrected chi connectivity index (χ0v) is 17.4. The van der Waals surface area contributed by atoms with Gasteiger partial charge in [-0.1, -0.05) is 27.7 Å². The summed E-state index contributed by atoms with van der Waals surface area (Å²) >= 11 is 0. The minimum absolute atomic E-state index is 0.130. The number of ether oxygens (including phenoxy) is 1. The van der Waals surface area contributed by atoms with Crippen LogP contribution in [0.4, 0.5) is 0 Å². The van der Waals surface area contributed by atoms with Crippen molar-refractivity contribution in [2.45, 2.75) is 65.8 Å². The largest absolute Gasteiger partial charge is 0.378 e. The molecule has 0 amide bonds. The summed E-state index contributed by atoms with van der Waals surface area (Å²) in [5.41, 5.74) is 0.474. The first-order valence-corrected chi connectivity index (χ1v) is 11.9. The highest BCUT2D eigenvalue weighted by Crippen LogP contribution is 2.45. The maximum atomic E-state index is 11.8. The van der Waals surface area contributed by atoms with Gasteiger partial charge in [-0.05, 0) is 67.9 Å². The minimum Gasteiger partial charge on any atom is -0.378 e. The Hall–Kier alpha value is -0.130. The number of piperidine rings is 1. The van der Waals surface area contributed by atoms with Gasteiger partial charge in [-0.25, -0.2) is 8.42 Å². The van der Waals surface area contributed by atoms with Crippen LogP contribution in [0.1, 0.15) is 59.8 Å². The molecule has 0 spiro atoms. The second kappa shape index (κ2) is 7.12. The second-order valence-electron chi connectivity index (χ2n) is 10.1. The molecule has 3 rings (SSSR count). The van der Waals surface area contributed by atoms with Crippen LogP contribution >= 0.6 is 0 Å². The molecule has 0 aromatic carbocycles. The first-order chi connectivity index (χ1) is 11.6. The molecule has 0 radical (unpaired) electrons. The lowest BCUT2D eigenvalue weighted by molar-refractivity contribution is -0.0794. The standard InChI is InChI=1S/C20H37NO3S/c1-19(2,16-5-10-21(11-6-16)18-13-24-14-18)8-9-20(3,4)17-7-12-25(22,23)15-17/h16-18H,5-15H2,1-4H3. The maximum absolute atomic E-state index is 11.8. The van der Waals surface area contributed by atoms with Gasteiger partial charge in [-0.15, -0.1) is 0 Å². The maximum Gasteiger partial charge on any atom is 0.150 e. The zero-order valence-electron chi connectivity index (χ0n) is 16.6. The van der Waals surface area contributed by atoms with Gasteiger partial charge in [0.2, 0.25) is 0 Å². The van der Waals surface area contributed by atoms with E-state index >= 15 is 0 Å². The fourth-order valence-electron chi connectivity index (χ4n) is 4.94. The van der Waals surface area contributed by atoms with Gasteiger partial charge in [0, 0.05) is 0 Å². The monoisotopic (exact) mass is 371 g/mol. The van der Waals surface area contributed by atoms with Crippen molar-refractivity contribution in [1.82, 2.24) is 4.90 Å². The Kier molecular flexibility index (Phi) is 5.59. The fraction of sp³-hybridized carbons (Fsp3) is 1.00. The topological polar surface area (TPSA) is 46.6 Å². The molecule has 0 aliphatic carbocycles. The van der Waals surface area contributed by atoms with E-state index in [1.807, 2.05) is 0 Å². The van der Waals surface area contributed by atoms with Crippen LogP contribution in [0.25, 0.3) is 0 Å². The van der Waals surface area contributed by atoms with E-state index in [1.54, 1.807) is 0 Å². The van der Waals surface area contributed by atoms with Crippen LogP contribution in [0, 0.1) is 22.7 Å². The molecule has 0 aromatic rings. The second-order valence-corrected chi connectivity index (χ2v) is 12.3. The molecule has 3 saturated heterocycles. The summed E-state index contributed by atoms with van der Waals surface area (Å²) in [4.78, 5) is 2.61. The average molecular weight is 372 g/mol. The Morgan fingerprint density at radius 1 is 0.920 bits per heavy atom. The van der Waals surface area contributed by atoms with E-state index in [0.29, 0.717) is 28.9 Å². The van der Waals surface area contributed by atoms with Crippen molar-refractivity contribution >= 4 is 9.84 Å². The molecular formula is C20H37NO3S. The highest BCUT2D eigenvalue weighted by atomic mass is 32.2. The van der Waals surface area contributed by atoms with Crippen LogP contribution in [-0.2, 0) is 14.6 Å². The van der Waals surface area contributed by atoms with Crippen molar-refractivity contribution in [2.75, 3.05) is 37.8 Å². The number of hydrogen-bond donors (Lipinski definition) is 0. The fourth-order valence-corrected chi connectivity index (χ4v) is 6.99. The summed E-state index contributed by atoms with van der Waals surface area (Å²) in [6.07, 6.45) is 5.78.